The summed E-state index contributed by atoms with van der Waals surface area (Å²) in [4.78, 5) is 0. The van der Waals surface area contributed by atoms with Gasteiger partial charge in [0.2, 0.25) is 0 Å². The van der Waals surface area contributed by atoms with Gasteiger partial charge < -0.3 is 0 Å². The van der Waals surface area contributed by atoms with Crippen LogP contribution in [0.15, 0.2) is 11.9 Å². The van der Waals surface area contributed by atoms with E-state index < -0.39 is 0 Å². The van der Waals surface area contributed by atoms with Gasteiger partial charge in [-0.1, -0.05) is 154 Å². The Labute approximate surface area is 176 Å². The molecular weight excluding hydrogens is 343 g/mol. The first-order valence-electron chi connectivity index (χ1n) is 12.7. The molecule has 0 nitrogen and oxygen atoms in total. The Morgan fingerprint density at radius 3 is 0.926 bits per heavy atom. The summed E-state index contributed by atoms with van der Waals surface area (Å²) in [6.45, 7) is 2.30. The summed E-state index contributed by atoms with van der Waals surface area (Å²) in [6, 6.07) is 0. The molecule has 27 heavy (non-hydrogen) atoms. The van der Waals surface area contributed by atoms with Gasteiger partial charge in [-0.3, -0.25) is 0 Å². The van der Waals surface area contributed by atoms with Gasteiger partial charge in [-0.2, -0.15) is 0 Å². The van der Waals surface area contributed by atoms with E-state index >= 15 is 0 Å². The van der Waals surface area contributed by atoms with Gasteiger partial charge in [0.25, 0.3) is 0 Å². The van der Waals surface area contributed by atoms with Crippen LogP contribution in [0.2, 0.25) is 0 Å². The van der Waals surface area contributed by atoms with Gasteiger partial charge in [0.05, 0.1) is 0 Å². The van der Waals surface area contributed by atoms with E-state index in [4.69, 9.17) is 0 Å². The lowest BCUT2D eigenvalue weighted by molar-refractivity contribution is 0.519. The predicted molar refractivity (Wildman–Crippen MR) is 128 cm³/mol. The minimum absolute atomic E-state index is 1.21. The fourth-order valence-corrected chi connectivity index (χ4v) is 4.09. The number of hydrogen-bond acceptors (Lipinski definition) is 0. The lowest BCUT2D eigenvalue weighted by Crippen LogP contribution is -1.84. The smallest absolute Gasteiger partial charge is 0.0146 e. The van der Waals surface area contributed by atoms with Crippen LogP contribution in [0.5, 0.6) is 0 Å². The molecule has 0 aromatic carbocycles. The lowest BCUT2D eigenvalue weighted by atomic mass is 10.0. The summed E-state index contributed by atoms with van der Waals surface area (Å²) in [5, 5.41) is 0. The van der Waals surface area contributed by atoms with Crippen molar-refractivity contribution in [3.63, 3.8) is 0 Å². The van der Waals surface area contributed by atoms with Crippen LogP contribution in [-0.2, 0) is 0 Å². The monoisotopic (exact) mass is 394 g/mol. The Kier molecular flexibility index (Phi) is 26.3. The highest BCUT2D eigenvalue weighted by molar-refractivity contribution is 7.20. The third-order valence-corrected chi connectivity index (χ3v) is 6.04. The van der Waals surface area contributed by atoms with Crippen LogP contribution >= 0.6 is 9.24 Å². The zero-order chi connectivity index (χ0) is 19.7. The van der Waals surface area contributed by atoms with E-state index in [1.54, 1.807) is 0 Å². The summed E-state index contributed by atoms with van der Waals surface area (Å²) in [7, 11) is 4.09. The second kappa shape index (κ2) is 26.2. The van der Waals surface area contributed by atoms with Crippen LogP contribution < -0.4 is 0 Å². The Morgan fingerprint density at radius 1 is 0.407 bits per heavy atom. The van der Waals surface area contributed by atoms with Crippen molar-refractivity contribution in [3.05, 3.63) is 11.9 Å². The number of rotatable bonds is 23. The molecule has 160 valence electrons. The van der Waals surface area contributed by atoms with Crippen LogP contribution in [0, 0.1) is 0 Å². The first-order valence-corrected chi connectivity index (χ1v) is 13.2. The predicted octanol–water partition coefficient (Wildman–Crippen LogP) is 10.9. The molecule has 0 N–H and O–H groups in total. The molecule has 0 heterocycles. The Hall–Kier alpha value is 0.170. The molecule has 1 heteroatoms. The van der Waals surface area contributed by atoms with Crippen molar-refractivity contribution in [2.45, 2.75) is 155 Å². The van der Waals surface area contributed by atoms with Crippen molar-refractivity contribution in [1.29, 1.82) is 0 Å². The van der Waals surface area contributed by atoms with Gasteiger partial charge in [-0.05, 0) is 22.1 Å². The van der Waals surface area contributed by atoms with E-state index in [0.29, 0.717) is 0 Å². The molecule has 0 aromatic heterocycles. The third-order valence-electron chi connectivity index (χ3n) is 5.83. The maximum absolute atomic E-state index is 4.09. The van der Waals surface area contributed by atoms with E-state index in [9.17, 15) is 0 Å². The quantitative estimate of drug-likeness (QED) is 0.119. The topological polar surface area (TPSA) is 0 Å². The molecule has 0 atom stereocenters. The van der Waals surface area contributed by atoms with Crippen molar-refractivity contribution in [2.75, 3.05) is 0 Å². The largest absolute Gasteiger partial charge is 0.0834 e. The van der Waals surface area contributed by atoms with E-state index in [-0.39, 0.29) is 0 Å². The molecular formula is C26H51P. The van der Waals surface area contributed by atoms with E-state index in [1.807, 2.05) is 5.82 Å². The Balaban J connectivity index is 2.97. The van der Waals surface area contributed by atoms with Crippen LogP contribution in [0.25, 0.3) is 0 Å². The maximum atomic E-state index is 4.09. The Bertz CT molecular complexity index is 271. The van der Waals surface area contributed by atoms with Crippen molar-refractivity contribution in [2.24, 2.45) is 0 Å². The van der Waals surface area contributed by atoms with Crippen LogP contribution in [0.4, 0.5) is 0 Å². The third kappa shape index (κ3) is 26.2. The first kappa shape index (κ1) is 27.2. The van der Waals surface area contributed by atoms with Gasteiger partial charge in [-0.25, -0.2) is 0 Å². The van der Waals surface area contributed by atoms with E-state index in [2.05, 4.69) is 22.2 Å². The highest BCUT2D eigenvalue weighted by Gasteiger charge is 1.95. The molecule has 0 aliphatic heterocycles. The molecule has 0 spiro atoms. The van der Waals surface area contributed by atoms with E-state index in [0.717, 1.165) is 0 Å². The molecule has 0 aliphatic carbocycles. The molecule has 0 fully saturated rings. The molecule has 0 saturated carbocycles. The fourth-order valence-electron chi connectivity index (χ4n) is 3.95. The van der Waals surface area contributed by atoms with Gasteiger partial charge in [-0.15, -0.1) is 0 Å². The number of hydrogen-bond donors (Lipinski definition) is 0. The van der Waals surface area contributed by atoms with Crippen molar-refractivity contribution < 1.29 is 0 Å². The first-order chi connectivity index (χ1) is 13.4. The average molecular weight is 395 g/mol. The molecule has 0 amide bonds. The highest BCUT2D eigenvalue weighted by atomic mass is 31.0. The summed E-state index contributed by atoms with van der Waals surface area (Å²) in [6.07, 6.45) is 35.5. The molecule has 2 radical (unpaired) electrons. The summed E-state index contributed by atoms with van der Waals surface area (Å²) in [5.41, 5.74) is 0. The van der Waals surface area contributed by atoms with Crippen LogP contribution in [0.3, 0.4) is 0 Å². The van der Waals surface area contributed by atoms with E-state index in [1.165, 1.54) is 148 Å². The molecule has 0 rings (SSSR count). The van der Waals surface area contributed by atoms with Crippen molar-refractivity contribution in [1.82, 2.24) is 0 Å². The van der Waals surface area contributed by atoms with Crippen molar-refractivity contribution in [3.8, 4) is 0 Å². The summed E-state index contributed by atoms with van der Waals surface area (Å²) >= 11 is 0. The summed E-state index contributed by atoms with van der Waals surface area (Å²) in [5.74, 6) is 1.87. The summed E-state index contributed by atoms with van der Waals surface area (Å²) < 4.78 is 0. The molecule has 0 unspecified atom stereocenters. The standard InChI is InChI=1S/C26H51P/c1-2-3-4-5-6-7-8-9-10-11-12-13-14-15-16-17-18-19-20-21-22-23-24-25-26-27/h25-26H,2-24H2,1H3/b26-25+. The molecule has 0 aromatic rings. The second-order valence-corrected chi connectivity index (χ2v) is 8.90. The highest BCUT2D eigenvalue weighted by Crippen LogP contribution is 2.15. The van der Waals surface area contributed by atoms with Gasteiger partial charge in [0.1, 0.15) is 0 Å². The minimum atomic E-state index is 1.21. The second-order valence-electron chi connectivity index (χ2n) is 8.60. The molecule has 0 bridgehead atoms. The normalized spacial score (nSPS) is 11.6. The zero-order valence-corrected chi connectivity index (χ0v) is 19.8. The SMILES string of the molecule is CCCCCCCCCCCCCCCCCCCCCCCC/C=C/[P]. The average Bonchev–Trinajstić information content (AvgIpc) is 2.68. The Morgan fingerprint density at radius 2 is 0.667 bits per heavy atom. The van der Waals surface area contributed by atoms with Gasteiger partial charge in [0.15, 0.2) is 0 Å². The molecule has 0 saturated heterocycles. The minimum Gasteiger partial charge on any atom is -0.0834 e. The van der Waals surface area contributed by atoms with Gasteiger partial charge >= 0.3 is 0 Å². The maximum Gasteiger partial charge on any atom is -0.0146 e. The van der Waals surface area contributed by atoms with Crippen LogP contribution in [0.1, 0.15) is 155 Å². The fraction of sp³-hybridized carbons (Fsp3) is 0.923. The lowest BCUT2D eigenvalue weighted by Gasteiger charge is -2.04. The zero-order valence-electron chi connectivity index (χ0n) is 18.9. The number of allylic oxidation sites excluding steroid dienone is 1. The van der Waals surface area contributed by atoms with Crippen molar-refractivity contribution >= 4 is 9.24 Å². The molecule has 0 aliphatic rings. The van der Waals surface area contributed by atoms with Gasteiger partial charge in [0, 0.05) is 0 Å². The number of unbranched alkanes of at least 4 members (excludes halogenated alkanes) is 22. The van der Waals surface area contributed by atoms with Crippen LogP contribution in [-0.4, -0.2) is 0 Å².